The van der Waals surface area contributed by atoms with Crippen LogP contribution in [0.2, 0.25) is 0 Å². The number of carbonyl (C=O) groups excluding carboxylic acids is 1. The molecule has 1 fully saturated rings. The minimum absolute atomic E-state index is 0.229. The first-order chi connectivity index (χ1) is 10.3. The molecule has 21 heavy (non-hydrogen) atoms. The van der Waals surface area contributed by atoms with E-state index in [2.05, 4.69) is 41.3 Å². The molecule has 1 heterocycles. The summed E-state index contributed by atoms with van der Waals surface area (Å²) in [4.78, 5) is 15.1. The maximum absolute atomic E-state index is 13.0. The number of carbonyl (C=O) groups is 1. The maximum Gasteiger partial charge on any atom is 0.233 e. The minimum atomic E-state index is -0.229. The minimum Gasteiger partial charge on any atom is -0.337 e. The second-order valence-electron chi connectivity index (χ2n) is 6.19. The zero-order valence-electron chi connectivity index (χ0n) is 12.1. The Balaban J connectivity index is 1.60. The summed E-state index contributed by atoms with van der Waals surface area (Å²) in [6.07, 6.45) is 2.97. The molecule has 0 N–H and O–H groups in total. The molecule has 0 bridgehead atoms. The number of fused-ring (bicyclic) bond motifs is 1. The maximum atomic E-state index is 13.0. The van der Waals surface area contributed by atoms with Crippen LogP contribution in [0.15, 0.2) is 54.6 Å². The van der Waals surface area contributed by atoms with E-state index in [9.17, 15) is 4.79 Å². The number of hydrogen-bond donors (Lipinski definition) is 0. The number of nitrogens with zero attached hydrogens (tertiary/aromatic N) is 1. The average Bonchev–Trinajstić information content (AvgIpc) is 3.36. The zero-order chi connectivity index (χ0) is 14.3. The topological polar surface area (TPSA) is 20.3 Å². The standard InChI is InChI=1S/C19H19NO/c21-18(19(11-12-19)17-8-2-1-3-9-17)20-13-10-15-6-4-5-7-16(15)14-20/h1-9H,10-14H2. The van der Waals surface area contributed by atoms with E-state index in [-0.39, 0.29) is 5.41 Å². The largest absolute Gasteiger partial charge is 0.337 e. The Hall–Kier alpha value is -2.09. The highest BCUT2D eigenvalue weighted by Gasteiger charge is 2.53. The van der Waals surface area contributed by atoms with Crippen molar-refractivity contribution in [3.8, 4) is 0 Å². The second-order valence-corrected chi connectivity index (χ2v) is 6.19. The molecule has 0 aromatic heterocycles. The van der Waals surface area contributed by atoms with Crippen LogP contribution in [0.5, 0.6) is 0 Å². The summed E-state index contributed by atoms with van der Waals surface area (Å²) >= 11 is 0. The Morgan fingerprint density at radius 1 is 0.905 bits per heavy atom. The Kier molecular flexibility index (Phi) is 2.85. The van der Waals surface area contributed by atoms with E-state index in [0.29, 0.717) is 5.91 Å². The summed E-state index contributed by atoms with van der Waals surface area (Å²) in [6, 6.07) is 18.8. The first kappa shape index (κ1) is 12.6. The lowest BCUT2D eigenvalue weighted by Crippen LogP contribution is -2.42. The molecule has 4 rings (SSSR count). The number of benzene rings is 2. The first-order valence-electron chi connectivity index (χ1n) is 7.71. The number of amides is 1. The van der Waals surface area contributed by atoms with Crippen LogP contribution in [0.3, 0.4) is 0 Å². The first-order valence-corrected chi connectivity index (χ1v) is 7.71. The second kappa shape index (κ2) is 4.73. The van der Waals surface area contributed by atoms with E-state index in [1.165, 1.54) is 16.7 Å². The molecule has 2 heteroatoms. The molecule has 2 aromatic rings. The molecular formula is C19H19NO. The van der Waals surface area contributed by atoms with Crippen molar-refractivity contribution in [2.24, 2.45) is 0 Å². The van der Waals surface area contributed by atoms with E-state index in [1.54, 1.807) is 0 Å². The fourth-order valence-corrected chi connectivity index (χ4v) is 3.48. The summed E-state index contributed by atoms with van der Waals surface area (Å²) in [5.41, 5.74) is 3.66. The predicted molar refractivity (Wildman–Crippen MR) is 82.9 cm³/mol. The van der Waals surface area contributed by atoms with Crippen LogP contribution in [-0.2, 0) is 23.2 Å². The molecule has 2 aliphatic rings. The average molecular weight is 277 g/mol. The lowest BCUT2D eigenvalue weighted by atomic mass is 9.92. The molecule has 2 nitrogen and oxygen atoms in total. The monoisotopic (exact) mass is 277 g/mol. The third-order valence-corrected chi connectivity index (χ3v) is 4.90. The van der Waals surface area contributed by atoms with Gasteiger partial charge >= 0.3 is 0 Å². The van der Waals surface area contributed by atoms with Gasteiger partial charge in [-0.3, -0.25) is 4.79 Å². The summed E-state index contributed by atoms with van der Waals surface area (Å²) in [7, 11) is 0. The van der Waals surface area contributed by atoms with E-state index in [4.69, 9.17) is 0 Å². The van der Waals surface area contributed by atoms with Crippen LogP contribution in [0.25, 0.3) is 0 Å². The molecule has 1 amide bonds. The van der Waals surface area contributed by atoms with Crippen LogP contribution in [0, 0.1) is 0 Å². The van der Waals surface area contributed by atoms with Crippen LogP contribution < -0.4 is 0 Å². The van der Waals surface area contributed by atoms with Gasteiger partial charge in [-0.1, -0.05) is 54.6 Å². The molecule has 0 unspecified atom stereocenters. The van der Waals surface area contributed by atoms with Gasteiger partial charge in [-0.15, -0.1) is 0 Å². The zero-order valence-corrected chi connectivity index (χ0v) is 12.1. The molecule has 1 aliphatic heterocycles. The molecule has 1 aliphatic carbocycles. The molecule has 2 aromatic carbocycles. The summed E-state index contributed by atoms with van der Waals surface area (Å²) < 4.78 is 0. The van der Waals surface area contributed by atoms with Crippen LogP contribution in [0.4, 0.5) is 0 Å². The van der Waals surface area contributed by atoms with Gasteiger partial charge < -0.3 is 4.90 Å². The van der Waals surface area contributed by atoms with Crippen molar-refractivity contribution < 1.29 is 4.79 Å². The van der Waals surface area contributed by atoms with Crippen molar-refractivity contribution >= 4 is 5.91 Å². The van der Waals surface area contributed by atoms with Gasteiger partial charge in [-0.25, -0.2) is 0 Å². The van der Waals surface area contributed by atoms with Gasteiger partial charge in [0.1, 0.15) is 0 Å². The van der Waals surface area contributed by atoms with Gasteiger partial charge in [0.25, 0.3) is 0 Å². The molecule has 106 valence electrons. The summed E-state index contributed by atoms with van der Waals surface area (Å²) in [5, 5.41) is 0. The van der Waals surface area contributed by atoms with Gasteiger partial charge in [-0.2, -0.15) is 0 Å². The molecule has 0 spiro atoms. The van der Waals surface area contributed by atoms with Crippen LogP contribution >= 0.6 is 0 Å². The Morgan fingerprint density at radius 3 is 2.29 bits per heavy atom. The fourth-order valence-electron chi connectivity index (χ4n) is 3.48. The van der Waals surface area contributed by atoms with Crippen molar-refractivity contribution in [1.29, 1.82) is 0 Å². The van der Waals surface area contributed by atoms with E-state index < -0.39 is 0 Å². The molecule has 0 atom stereocenters. The highest BCUT2D eigenvalue weighted by atomic mass is 16.2. The third-order valence-electron chi connectivity index (χ3n) is 4.90. The smallest absolute Gasteiger partial charge is 0.233 e. The summed E-state index contributed by atoms with van der Waals surface area (Å²) in [6.45, 7) is 1.62. The molecule has 0 saturated heterocycles. The lowest BCUT2D eigenvalue weighted by molar-refractivity contribution is -0.134. The Morgan fingerprint density at radius 2 is 1.57 bits per heavy atom. The van der Waals surface area contributed by atoms with Crippen molar-refractivity contribution in [3.63, 3.8) is 0 Å². The van der Waals surface area contributed by atoms with Crippen molar-refractivity contribution in [2.45, 2.75) is 31.2 Å². The molecule has 1 saturated carbocycles. The fraction of sp³-hybridized carbons (Fsp3) is 0.316. The van der Waals surface area contributed by atoms with E-state index in [0.717, 1.165) is 32.4 Å². The SMILES string of the molecule is O=C(N1CCc2ccccc2C1)C1(c2ccccc2)CC1. The van der Waals surface area contributed by atoms with Gasteiger partial charge in [0.2, 0.25) is 5.91 Å². The molecular weight excluding hydrogens is 258 g/mol. The van der Waals surface area contributed by atoms with Gasteiger partial charge in [0.15, 0.2) is 0 Å². The van der Waals surface area contributed by atoms with E-state index >= 15 is 0 Å². The Bertz CT molecular complexity index is 673. The van der Waals surface area contributed by atoms with Crippen molar-refractivity contribution in [1.82, 2.24) is 4.90 Å². The normalized spacial score (nSPS) is 19.0. The van der Waals surface area contributed by atoms with Crippen LogP contribution in [-0.4, -0.2) is 17.4 Å². The number of rotatable bonds is 2. The van der Waals surface area contributed by atoms with Gasteiger partial charge in [0.05, 0.1) is 5.41 Å². The van der Waals surface area contributed by atoms with Gasteiger partial charge in [-0.05, 0) is 36.0 Å². The lowest BCUT2D eigenvalue weighted by Gasteiger charge is -2.32. The third kappa shape index (κ3) is 2.06. The van der Waals surface area contributed by atoms with Crippen molar-refractivity contribution in [2.75, 3.05) is 6.54 Å². The highest BCUT2D eigenvalue weighted by molar-refractivity contribution is 5.91. The quantitative estimate of drug-likeness (QED) is 0.824. The summed E-state index contributed by atoms with van der Waals surface area (Å²) in [5.74, 6) is 0.322. The van der Waals surface area contributed by atoms with Gasteiger partial charge in [0, 0.05) is 13.1 Å². The van der Waals surface area contributed by atoms with Crippen LogP contribution in [0.1, 0.15) is 29.5 Å². The van der Waals surface area contributed by atoms with Crippen molar-refractivity contribution in [3.05, 3.63) is 71.3 Å². The number of hydrogen-bond acceptors (Lipinski definition) is 1. The highest BCUT2D eigenvalue weighted by Crippen LogP contribution is 2.50. The predicted octanol–water partition coefficient (Wildman–Crippen LogP) is 3.30. The van der Waals surface area contributed by atoms with E-state index in [1.807, 2.05) is 18.2 Å². The molecule has 0 radical (unpaired) electrons. The Labute approximate surface area is 125 Å².